The molecule has 0 heterocycles. The second-order valence-electron chi connectivity index (χ2n) is 5.95. The van der Waals surface area contributed by atoms with Gasteiger partial charge < -0.3 is 14.2 Å². The summed E-state index contributed by atoms with van der Waals surface area (Å²) in [5.74, 6) is 0.0891. The molecule has 2 rings (SSSR count). The van der Waals surface area contributed by atoms with E-state index in [0.717, 1.165) is 18.2 Å². The van der Waals surface area contributed by atoms with Crippen molar-refractivity contribution in [3.05, 3.63) is 53.1 Å². The first-order valence-electron chi connectivity index (χ1n) is 8.48. The molecule has 2 aromatic carbocycles. The van der Waals surface area contributed by atoms with E-state index in [0.29, 0.717) is 11.5 Å². The minimum atomic E-state index is -4.50. The van der Waals surface area contributed by atoms with Gasteiger partial charge in [0, 0.05) is 0 Å². The Morgan fingerprint density at radius 1 is 1.23 bits per heavy atom. The quantitative estimate of drug-likeness (QED) is 0.371. The van der Waals surface area contributed by atoms with E-state index in [1.54, 1.807) is 6.92 Å². The summed E-state index contributed by atoms with van der Waals surface area (Å²) in [7, 11) is 0. The lowest BCUT2D eigenvalue weighted by atomic mass is 10.2. The molecule has 30 heavy (non-hydrogen) atoms. The molecule has 0 aliphatic heterocycles. The molecule has 5 nitrogen and oxygen atoms in total. The van der Waals surface area contributed by atoms with E-state index in [4.69, 9.17) is 31.1 Å². The third kappa shape index (κ3) is 6.61. The average Bonchev–Trinajstić information content (AvgIpc) is 2.68. The molecule has 0 saturated heterocycles. The second kappa shape index (κ2) is 10.3. The minimum Gasteiger partial charge on any atom is -0.486 e. The molecule has 0 aromatic heterocycles. The van der Waals surface area contributed by atoms with Crippen LogP contribution in [0.25, 0.3) is 0 Å². The number of halogens is 4. The smallest absolute Gasteiger partial charge is 0.416 e. The van der Waals surface area contributed by atoms with Crippen LogP contribution < -0.4 is 9.47 Å². The van der Waals surface area contributed by atoms with Gasteiger partial charge in [0.1, 0.15) is 29.4 Å². The highest BCUT2D eigenvalue weighted by Gasteiger charge is 2.31. The second-order valence-corrected chi connectivity index (χ2v) is 6.69. The number of carbonyl (C=O) groups is 1. The van der Waals surface area contributed by atoms with E-state index in [-0.39, 0.29) is 17.2 Å². The van der Waals surface area contributed by atoms with Crippen molar-refractivity contribution in [2.45, 2.75) is 31.7 Å². The average molecular weight is 458 g/mol. The molecule has 158 valence electrons. The summed E-state index contributed by atoms with van der Waals surface area (Å²) in [6, 6.07) is 10.7. The van der Waals surface area contributed by atoms with Crippen LogP contribution in [0.5, 0.6) is 17.2 Å². The van der Waals surface area contributed by atoms with E-state index in [9.17, 15) is 18.0 Å². The Morgan fingerprint density at radius 2 is 1.87 bits per heavy atom. The van der Waals surface area contributed by atoms with Crippen molar-refractivity contribution in [2.24, 2.45) is 0 Å². The molecular weight excluding hydrogens is 443 g/mol. The van der Waals surface area contributed by atoms with Gasteiger partial charge >= 0.3 is 12.1 Å². The number of carbonyl (C=O) groups excluding carboxylic acids is 1. The van der Waals surface area contributed by atoms with Gasteiger partial charge in [-0.3, -0.25) is 4.79 Å². The van der Waals surface area contributed by atoms with Gasteiger partial charge in [0.05, 0.1) is 17.0 Å². The van der Waals surface area contributed by atoms with Gasteiger partial charge in [-0.1, -0.05) is 23.8 Å². The highest BCUT2D eigenvalue weighted by Crippen LogP contribution is 2.36. The summed E-state index contributed by atoms with van der Waals surface area (Å²) in [5.41, 5.74) is -0.879. The maximum absolute atomic E-state index is 12.7. The van der Waals surface area contributed by atoms with Gasteiger partial charge in [-0.15, -0.1) is 0 Å². The molecule has 10 heteroatoms. The Morgan fingerprint density at radius 3 is 2.40 bits per heavy atom. The number of alkyl halides is 3. The third-order valence-corrected chi connectivity index (χ3v) is 4.16. The van der Waals surface area contributed by atoms with Crippen molar-refractivity contribution in [3.8, 4) is 23.3 Å². The van der Waals surface area contributed by atoms with E-state index < -0.39 is 29.9 Å². The molecule has 0 spiro atoms. The maximum Gasteiger partial charge on any atom is 0.416 e. The van der Waals surface area contributed by atoms with Gasteiger partial charge in [-0.2, -0.15) is 18.4 Å². The van der Waals surface area contributed by atoms with Crippen molar-refractivity contribution >= 4 is 35.2 Å². The normalized spacial score (nSPS) is 12.9. The van der Waals surface area contributed by atoms with Crippen molar-refractivity contribution in [1.29, 1.82) is 5.26 Å². The van der Waals surface area contributed by atoms with Crippen LogP contribution in [0.3, 0.4) is 0 Å². The zero-order valence-electron chi connectivity index (χ0n) is 15.5. The van der Waals surface area contributed by atoms with Gasteiger partial charge in [-0.25, -0.2) is 0 Å². The van der Waals surface area contributed by atoms with Crippen LogP contribution in [0.2, 0.25) is 5.02 Å². The van der Waals surface area contributed by atoms with Crippen LogP contribution in [-0.2, 0) is 15.7 Å². The highest BCUT2D eigenvalue weighted by atomic mass is 35.5. The van der Waals surface area contributed by atoms with E-state index in [2.05, 4.69) is 12.2 Å². The lowest BCUT2D eigenvalue weighted by Crippen LogP contribution is -2.32. The summed E-state index contributed by atoms with van der Waals surface area (Å²) in [4.78, 5) is 11.5. The highest BCUT2D eigenvalue weighted by molar-refractivity contribution is 7.79. The Bertz CT molecular complexity index is 945. The summed E-state index contributed by atoms with van der Waals surface area (Å²) in [5, 5.41) is 10.2. The van der Waals surface area contributed by atoms with Crippen LogP contribution in [0.15, 0.2) is 42.5 Å². The van der Waals surface area contributed by atoms with Crippen LogP contribution in [0.4, 0.5) is 13.2 Å². The largest absolute Gasteiger partial charge is 0.486 e. The molecule has 0 saturated carbocycles. The number of esters is 1. The fourth-order valence-corrected chi connectivity index (χ4v) is 2.59. The van der Waals surface area contributed by atoms with Gasteiger partial charge in [-0.05, 0) is 54.8 Å². The molecule has 2 aromatic rings. The zero-order valence-corrected chi connectivity index (χ0v) is 17.1. The number of thiocarbonyl (C=S) groups is 1. The monoisotopic (exact) mass is 457 g/mol. The van der Waals surface area contributed by atoms with Crippen LogP contribution in [0, 0.1) is 11.3 Å². The lowest BCUT2D eigenvalue weighted by Gasteiger charge is -2.19. The standard InChI is InChI=1S/C20H15ClF3NO4S/c1-12(18(11-25)29-19(26)8-9-30)27-14-3-5-15(6-4-14)28-17-7-2-13(10-16(17)21)20(22,23)24/h2-7,9-10,12,18H,8H2,1H3. The van der Waals surface area contributed by atoms with Crippen LogP contribution in [0.1, 0.15) is 18.9 Å². The molecule has 2 atom stereocenters. The number of nitriles is 1. The number of benzene rings is 2. The van der Waals surface area contributed by atoms with Crippen LogP contribution >= 0.6 is 23.8 Å². The number of ether oxygens (including phenoxy) is 3. The van der Waals surface area contributed by atoms with Gasteiger partial charge in [0.2, 0.25) is 6.10 Å². The topological polar surface area (TPSA) is 68.6 Å². The number of nitrogens with zero attached hydrogens (tertiary/aromatic N) is 1. The minimum absolute atomic E-state index is 0.0571. The van der Waals surface area contributed by atoms with E-state index in [1.807, 2.05) is 6.07 Å². The predicted octanol–water partition coefficient (Wildman–Crippen LogP) is 5.74. The first-order chi connectivity index (χ1) is 14.1. The summed E-state index contributed by atoms with van der Waals surface area (Å²) >= 11 is 10.4. The molecular formula is C20H15ClF3NO4S. The molecule has 0 aliphatic carbocycles. The maximum atomic E-state index is 12.7. The SMILES string of the molecule is CC(Oc1ccc(Oc2ccc(C(F)(F)F)cc2Cl)cc1)C(C#N)OC(=O)CC=S. The Kier molecular flexibility index (Phi) is 8.03. The molecule has 0 bridgehead atoms. The predicted molar refractivity (Wildman–Crippen MR) is 107 cm³/mol. The van der Waals surface area contributed by atoms with Gasteiger partial charge in [0.15, 0.2) is 0 Å². The van der Waals surface area contributed by atoms with Gasteiger partial charge in [0.25, 0.3) is 0 Å². The fourth-order valence-electron chi connectivity index (χ4n) is 2.23. The van der Waals surface area contributed by atoms with E-state index >= 15 is 0 Å². The Balaban J connectivity index is 2.02. The number of hydrogen-bond donors (Lipinski definition) is 0. The first kappa shape index (κ1) is 23.4. The molecule has 2 unspecified atom stereocenters. The summed E-state index contributed by atoms with van der Waals surface area (Å²) in [6.07, 6.45) is -6.50. The number of rotatable bonds is 8. The fraction of sp³-hybridized carbons (Fsp3) is 0.250. The summed E-state index contributed by atoms with van der Waals surface area (Å²) in [6.45, 7) is 1.56. The van der Waals surface area contributed by atoms with Crippen molar-refractivity contribution in [2.75, 3.05) is 0 Å². The summed E-state index contributed by atoms with van der Waals surface area (Å²) < 4.78 is 54.2. The lowest BCUT2D eigenvalue weighted by molar-refractivity contribution is -0.148. The van der Waals surface area contributed by atoms with Crippen molar-refractivity contribution in [3.63, 3.8) is 0 Å². The molecule has 0 fully saturated rings. The zero-order chi connectivity index (χ0) is 22.3. The Hall–Kier alpha value is -2.83. The molecule has 0 aliphatic rings. The van der Waals surface area contributed by atoms with E-state index in [1.165, 1.54) is 29.6 Å². The van der Waals surface area contributed by atoms with Crippen LogP contribution in [-0.4, -0.2) is 23.5 Å². The van der Waals surface area contributed by atoms with Crippen molar-refractivity contribution < 1.29 is 32.2 Å². The third-order valence-electron chi connectivity index (χ3n) is 3.69. The molecule has 0 N–H and O–H groups in total. The first-order valence-corrected chi connectivity index (χ1v) is 9.33. The van der Waals surface area contributed by atoms with Crippen molar-refractivity contribution in [1.82, 2.24) is 0 Å². The Labute approximate surface area is 180 Å². The molecule has 0 amide bonds. The molecule has 0 radical (unpaired) electrons. The number of hydrogen-bond acceptors (Lipinski definition) is 6.